The Morgan fingerprint density at radius 2 is 1.97 bits per heavy atom. The number of rotatable bonds is 6. The molecule has 1 saturated heterocycles. The van der Waals surface area contributed by atoms with E-state index in [1.54, 1.807) is 12.1 Å². The van der Waals surface area contributed by atoms with Crippen LogP contribution in [0.2, 0.25) is 0 Å². The van der Waals surface area contributed by atoms with E-state index in [1.807, 2.05) is 12.1 Å². The molecule has 2 N–H and O–H groups in total. The van der Waals surface area contributed by atoms with Gasteiger partial charge in [0.1, 0.15) is 5.75 Å². The zero-order valence-electron chi connectivity index (χ0n) is 15.8. The van der Waals surface area contributed by atoms with Gasteiger partial charge in [-0.2, -0.15) is 18.7 Å². The quantitative estimate of drug-likeness (QED) is 0.644. The standard InChI is InChI=1S/C20H19F2N5O3/c21-20(22)30-16-7-5-15(6-8-16)27-24-11-17(26-27)19(28)25-14-3-1-13(2-4-14)18-12-23-9-10-29-18/h1-8,11,18,20,23H,9-10,12H2,(H,25,28). The van der Waals surface area contributed by atoms with Gasteiger partial charge in [-0.05, 0) is 42.0 Å². The number of benzene rings is 2. The smallest absolute Gasteiger partial charge is 0.387 e. The Hall–Kier alpha value is -3.37. The number of nitrogens with zero attached hydrogens (tertiary/aromatic N) is 3. The van der Waals surface area contributed by atoms with Gasteiger partial charge in [0.05, 0.1) is 24.6 Å². The van der Waals surface area contributed by atoms with E-state index < -0.39 is 12.5 Å². The molecule has 0 bridgehead atoms. The molecule has 0 radical (unpaired) electrons. The van der Waals surface area contributed by atoms with Crippen molar-refractivity contribution in [2.24, 2.45) is 0 Å². The number of carbonyl (C=O) groups is 1. The molecule has 8 nitrogen and oxygen atoms in total. The predicted molar refractivity (Wildman–Crippen MR) is 104 cm³/mol. The van der Waals surface area contributed by atoms with Gasteiger partial charge in [0, 0.05) is 18.8 Å². The van der Waals surface area contributed by atoms with Crippen LogP contribution in [0.1, 0.15) is 22.2 Å². The number of nitrogens with one attached hydrogen (secondary N) is 2. The first-order valence-corrected chi connectivity index (χ1v) is 9.30. The van der Waals surface area contributed by atoms with Gasteiger partial charge in [0.2, 0.25) is 0 Å². The molecule has 30 heavy (non-hydrogen) atoms. The summed E-state index contributed by atoms with van der Waals surface area (Å²) < 4.78 is 34.5. The average molecular weight is 415 g/mol. The fourth-order valence-electron chi connectivity index (χ4n) is 3.01. The summed E-state index contributed by atoms with van der Waals surface area (Å²) in [7, 11) is 0. The summed E-state index contributed by atoms with van der Waals surface area (Å²) in [6.07, 6.45) is 1.33. The number of aromatic nitrogens is 3. The van der Waals surface area contributed by atoms with Crippen LogP contribution in [0, 0.1) is 0 Å². The molecule has 0 saturated carbocycles. The molecule has 2 aromatic carbocycles. The second-order valence-corrected chi connectivity index (χ2v) is 6.53. The number of hydrogen-bond acceptors (Lipinski definition) is 6. The van der Waals surface area contributed by atoms with Crippen molar-refractivity contribution in [1.82, 2.24) is 20.3 Å². The van der Waals surface area contributed by atoms with E-state index in [9.17, 15) is 13.6 Å². The van der Waals surface area contributed by atoms with Crippen molar-refractivity contribution in [3.63, 3.8) is 0 Å². The number of amides is 1. The topological polar surface area (TPSA) is 90.3 Å². The number of halogens is 2. The lowest BCUT2D eigenvalue weighted by Crippen LogP contribution is -2.33. The van der Waals surface area contributed by atoms with Crippen LogP contribution in [-0.2, 0) is 4.74 Å². The predicted octanol–water partition coefficient (Wildman–Crippen LogP) is 2.78. The van der Waals surface area contributed by atoms with E-state index in [1.165, 1.54) is 35.3 Å². The largest absolute Gasteiger partial charge is 0.435 e. The van der Waals surface area contributed by atoms with Crippen molar-refractivity contribution >= 4 is 11.6 Å². The molecule has 1 unspecified atom stereocenters. The van der Waals surface area contributed by atoms with Crippen LogP contribution in [-0.4, -0.2) is 47.2 Å². The average Bonchev–Trinajstić information content (AvgIpc) is 3.25. The molecule has 1 amide bonds. The SMILES string of the molecule is O=C(Nc1ccc(C2CNCCO2)cc1)c1cnn(-c2ccc(OC(F)F)cc2)n1. The Balaban J connectivity index is 1.39. The Kier molecular flexibility index (Phi) is 5.96. The molecule has 2 heterocycles. The van der Waals surface area contributed by atoms with E-state index in [0.717, 1.165) is 18.7 Å². The second-order valence-electron chi connectivity index (χ2n) is 6.53. The summed E-state index contributed by atoms with van der Waals surface area (Å²) in [6.45, 7) is -0.626. The molecule has 1 atom stereocenters. The van der Waals surface area contributed by atoms with Crippen LogP contribution in [0.15, 0.2) is 54.7 Å². The summed E-state index contributed by atoms with van der Waals surface area (Å²) in [4.78, 5) is 13.7. The molecule has 0 spiro atoms. The first kappa shape index (κ1) is 19.9. The Bertz CT molecular complexity index is 986. The third-order valence-electron chi connectivity index (χ3n) is 4.49. The molecule has 3 aromatic rings. The number of hydrogen-bond donors (Lipinski definition) is 2. The monoisotopic (exact) mass is 415 g/mol. The molecule has 4 rings (SSSR count). The van der Waals surface area contributed by atoms with E-state index in [2.05, 4.69) is 25.6 Å². The highest BCUT2D eigenvalue weighted by molar-refractivity contribution is 6.02. The van der Waals surface area contributed by atoms with Crippen LogP contribution in [0.25, 0.3) is 5.69 Å². The van der Waals surface area contributed by atoms with E-state index in [0.29, 0.717) is 18.0 Å². The van der Waals surface area contributed by atoms with Gasteiger partial charge in [0.15, 0.2) is 5.69 Å². The number of alkyl halides is 2. The minimum Gasteiger partial charge on any atom is -0.435 e. The highest BCUT2D eigenvalue weighted by atomic mass is 19.3. The van der Waals surface area contributed by atoms with Gasteiger partial charge >= 0.3 is 6.61 Å². The molecular formula is C20H19F2N5O3. The fourth-order valence-corrected chi connectivity index (χ4v) is 3.01. The van der Waals surface area contributed by atoms with Crippen LogP contribution >= 0.6 is 0 Å². The van der Waals surface area contributed by atoms with E-state index in [4.69, 9.17) is 4.74 Å². The maximum Gasteiger partial charge on any atom is 0.387 e. The number of morpholine rings is 1. The summed E-state index contributed by atoms with van der Waals surface area (Å²) in [5.74, 6) is -0.390. The minimum absolute atomic E-state index is 0.000817. The van der Waals surface area contributed by atoms with Crippen LogP contribution in [0.5, 0.6) is 5.75 Å². The lowest BCUT2D eigenvalue weighted by Gasteiger charge is -2.24. The fraction of sp³-hybridized carbons (Fsp3) is 0.250. The van der Waals surface area contributed by atoms with Crippen molar-refractivity contribution < 1.29 is 23.0 Å². The molecular weight excluding hydrogens is 396 g/mol. The van der Waals surface area contributed by atoms with Crippen molar-refractivity contribution in [1.29, 1.82) is 0 Å². The molecule has 1 aromatic heterocycles. The minimum atomic E-state index is -2.89. The first-order valence-electron chi connectivity index (χ1n) is 9.30. The lowest BCUT2D eigenvalue weighted by molar-refractivity contribution is -0.0498. The summed E-state index contributed by atoms with van der Waals surface area (Å²) in [6, 6.07) is 13.2. The van der Waals surface area contributed by atoms with Gasteiger partial charge in [-0.15, -0.1) is 5.10 Å². The Labute approximate surface area is 170 Å². The van der Waals surface area contributed by atoms with Gasteiger partial charge in [-0.3, -0.25) is 4.79 Å². The number of ether oxygens (including phenoxy) is 2. The normalized spacial score (nSPS) is 16.4. The Morgan fingerprint density at radius 3 is 2.63 bits per heavy atom. The zero-order valence-corrected chi connectivity index (χ0v) is 15.8. The molecule has 10 heteroatoms. The molecule has 1 fully saturated rings. The van der Waals surface area contributed by atoms with Crippen LogP contribution in [0.4, 0.5) is 14.5 Å². The maximum atomic E-state index is 12.5. The summed E-state index contributed by atoms with van der Waals surface area (Å²) in [5, 5.41) is 14.2. The second kappa shape index (κ2) is 8.97. The lowest BCUT2D eigenvalue weighted by atomic mass is 10.1. The highest BCUT2D eigenvalue weighted by Gasteiger charge is 2.16. The molecule has 1 aliphatic rings. The van der Waals surface area contributed by atoms with Crippen molar-refractivity contribution in [2.75, 3.05) is 25.0 Å². The van der Waals surface area contributed by atoms with Crippen molar-refractivity contribution in [3.05, 3.63) is 66.0 Å². The Morgan fingerprint density at radius 1 is 1.20 bits per heavy atom. The van der Waals surface area contributed by atoms with E-state index >= 15 is 0 Å². The van der Waals surface area contributed by atoms with Crippen LogP contribution in [0.3, 0.4) is 0 Å². The van der Waals surface area contributed by atoms with Gasteiger partial charge in [-0.1, -0.05) is 12.1 Å². The molecule has 156 valence electrons. The van der Waals surface area contributed by atoms with Gasteiger partial charge in [0.25, 0.3) is 5.91 Å². The highest BCUT2D eigenvalue weighted by Crippen LogP contribution is 2.21. The summed E-state index contributed by atoms with van der Waals surface area (Å²) >= 11 is 0. The van der Waals surface area contributed by atoms with E-state index in [-0.39, 0.29) is 17.5 Å². The third kappa shape index (κ3) is 4.78. The molecule has 1 aliphatic heterocycles. The first-order chi connectivity index (χ1) is 14.6. The third-order valence-corrected chi connectivity index (χ3v) is 4.49. The molecule has 0 aliphatic carbocycles. The number of anilines is 1. The van der Waals surface area contributed by atoms with Gasteiger partial charge in [-0.25, -0.2) is 0 Å². The zero-order chi connectivity index (χ0) is 20.9. The van der Waals surface area contributed by atoms with Crippen molar-refractivity contribution in [3.8, 4) is 11.4 Å². The van der Waals surface area contributed by atoms with Crippen LogP contribution < -0.4 is 15.4 Å². The van der Waals surface area contributed by atoms with Gasteiger partial charge < -0.3 is 20.1 Å². The summed E-state index contributed by atoms with van der Waals surface area (Å²) in [5.41, 5.74) is 2.27. The van der Waals surface area contributed by atoms with Crippen molar-refractivity contribution in [2.45, 2.75) is 12.7 Å². The maximum absolute atomic E-state index is 12.5. The number of carbonyl (C=O) groups excluding carboxylic acids is 1.